The van der Waals surface area contributed by atoms with Crippen LogP contribution in [-0.2, 0) is 22.7 Å². The topological polar surface area (TPSA) is 58.9 Å². The fourth-order valence-corrected chi connectivity index (χ4v) is 5.76. The summed E-state index contributed by atoms with van der Waals surface area (Å²) < 4.78 is 12.8. The molecule has 4 nitrogen and oxygen atoms in total. The molecule has 0 amide bonds. The van der Waals surface area contributed by atoms with Gasteiger partial charge in [-0.25, -0.2) is 0 Å². The van der Waals surface area contributed by atoms with Gasteiger partial charge in [0.2, 0.25) is 0 Å². The fraction of sp³-hybridized carbons (Fsp3) is 0.333. The van der Waals surface area contributed by atoms with Crippen LogP contribution >= 0.6 is 0 Å². The molecule has 3 aromatic rings. The zero-order valence-electron chi connectivity index (χ0n) is 18.3. The molecule has 5 heteroatoms. The van der Waals surface area contributed by atoms with Crippen molar-refractivity contribution in [3.8, 4) is 0 Å². The van der Waals surface area contributed by atoms with Gasteiger partial charge in [-0.15, -0.1) is 0 Å². The minimum atomic E-state index is -0.701. The molecule has 0 bridgehead atoms. The van der Waals surface area contributed by atoms with Crippen molar-refractivity contribution >= 4 is 19.4 Å². The fourth-order valence-electron chi connectivity index (χ4n) is 3.35. The van der Waals surface area contributed by atoms with Crippen molar-refractivity contribution in [1.29, 1.82) is 0 Å². The molecule has 0 aliphatic heterocycles. The summed E-state index contributed by atoms with van der Waals surface area (Å²) in [5, 5.41) is 21.3. The molecule has 0 aliphatic rings. The summed E-state index contributed by atoms with van der Waals surface area (Å²) in [5.74, 6) is 0. The van der Waals surface area contributed by atoms with Crippen molar-refractivity contribution in [1.82, 2.24) is 0 Å². The first kappa shape index (κ1) is 24.7. The Kier molecular flexibility index (Phi) is 11.0. The molecule has 170 valence electrons. The number of hydrogen-bond acceptors (Lipinski definition) is 4. The van der Waals surface area contributed by atoms with E-state index >= 15 is 0 Å². The molecule has 0 saturated heterocycles. The molecule has 0 spiro atoms. The molecule has 3 atom stereocenters. The Morgan fingerprint density at radius 2 is 1.22 bits per heavy atom. The van der Waals surface area contributed by atoms with Crippen molar-refractivity contribution in [2.45, 2.75) is 43.1 Å². The van der Waals surface area contributed by atoms with E-state index in [-0.39, 0.29) is 26.4 Å². The Hall–Kier alpha value is -1.98. The van der Waals surface area contributed by atoms with Crippen LogP contribution in [0.25, 0.3) is 0 Å². The van der Waals surface area contributed by atoms with Gasteiger partial charge in [0.15, 0.2) is 0 Å². The molecule has 0 saturated carbocycles. The normalized spacial score (nSPS) is 14.1. The quantitative estimate of drug-likeness (QED) is 0.262. The number of benzene rings is 3. The van der Waals surface area contributed by atoms with Gasteiger partial charge in [-0.05, 0) is 0 Å². The molecule has 0 heterocycles. The van der Waals surface area contributed by atoms with Gasteiger partial charge in [0.1, 0.15) is 0 Å². The minimum absolute atomic E-state index is 0.0597. The number of rotatable bonds is 14. The molecule has 0 aliphatic carbocycles. The second-order valence-corrected chi connectivity index (χ2v) is 10.5. The van der Waals surface area contributed by atoms with Crippen LogP contribution in [0.2, 0.25) is 4.82 Å². The predicted molar refractivity (Wildman–Crippen MR) is 129 cm³/mol. The van der Waals surface area contributed by atoms with E-state index in [9.17, 15) is 10.2 Å². The van der Waals surface area contributed by atoms with Gasteiger partial charge >= 0.3 is 198 Å². The average Bonchev–Trinajstić information content (AvgIpc) is 2.83. The second-order valence-electron chi connectivity index (χ2n) is 7.75. The molecular weight excluding hydrogens is 467 g/mol. The van der Waals surface area contributed by atoms with E-state index < -0.39 is 12.2 Å². The standard InChI is InChI=1S/C27H32O4Se/c28-24(21-31-20-23-12-6-2-7-13-23)18-26(29)27(32-25-14-8-3-9-15-25)16-17-30-19-22-10-4-1-5-11-22/h1-15,24,26-29H,16-21H2/t24-,26+,27+/m1/s1. The Balaban J connectivity index is 1.46. The van der Waals surface area contributed by atoms with Crippen LogP contribution in [0.15, 0.2) is 91.0 Å². The van der Waals surface area contributed by atoms with E-state index in [1.165, 1.54) is 4.46 Å². The third kappa shape index (κ3) is 9.25. The monoisotopic (exact) mass is 500 g/mol. The maximum absolute atomic E-state index is 10.9. The first-order valence-electron chi connectivity index (χ1n) is 11.0. The first-order chi connectivity index (χ1) is 15.7. The van der Waals surface area contributed by atoms with Gasteiger partial charge in [-0.1, -0.05) is 0 Å². The van der Waals surface area contributed by atoms with Gasteiger partial charge in [0.25, 0.3) is 0 Å². The molecule has 3 rings (SSSR count). The average molecular weight is 500 g/mol. The van der Waals surface area contributed by atoms with Crippen LogP contribution in [0, 0.1) is 0 Å². The van der Waals surface area contributed by atoms with Gasteiger partial charge < -0.3 is 0 Å². The van der Waals surface area contributed by atoms with Crippen molar-refractivity contribution in [2.75, 3.05) is 13.2 Å². The summed E-state index contributed by atoms with van der Waals surface area (Å²) in [7, 11) is 0. The maximum atomic E-state index is 10.9. The molecular formula is C27H32O4Se. The second kappa shape index (κ2) is 14.2. The summed E-state index contributed by atoms with van der Waals surface area (Å²) in [6.07, 6.45) is -0.258. The first-order valence-corrected chi connectivity index (χ1v) is 12.9. The number of ether oxygens (including phenoxy) is 2. The van der Waals surface area contributed by atoms with Crippen molar-refractivity contribution in [2.24, 2.45) is 0 Å². The zero-order valence-corrected chi connectivity index (χ0v) is 20.0. The molecule has 0 aromatic heterocycles. The Bertz CT molecular complexity index is 861. The summed E-state index contributed by atoms with van der Waals surface area (Å²) >= 11 is 0.0847. The van der Waals surface area contributed by atoms with Crippen LogP contribution in [0.4, 0.5) is 0 Å². The van der Waals surface area contributed by atoms with E-state index in [1.807, 2.05) is 78.9 Å². The van der Waals surface area contributed by atoms with Crippen LogP contribution in [0.5, 0.6) is 0 Å². The van der Waals surface area contributed by atoms with Crippen LogP contribution in [0.1, 0.15) is 24.0 Å². The van der Waals surface area contributed by atoms with Crippen molar-refractivity contribution < 1.29 is 19.7 Å². The van der Waals surface area contributed by atoms with E-state index in [2.05, 4.69) is 12.1 Å². The van der Waals surface area contributed by atoms with Crippen LogP contribution in [0.3, 0.4) is 0 Å². The number of aliphatic hydroxyl groups excluding tert-OH is 2. The van der Waals surface area contributed by atoms with Crippen molar-refractivity contribution in [3.05, 3.63) is 102 Å². The molecule has 3 aromatic carbocycles. The Morgan fingerprint density at radius 3 is 1.81 bits per heavy atom. The number of hydrogen-bond donors (Lipinski definition) is 2. The van der Waals surface area contributed by atoms with Gasteiger partial charge in [0.05, 0.1) is 0 Å². The third-order valence-corrected chi connectivity index (χ3v) is 7.98. The molecule has 0 radical (unpaired) electrons. The summed E-state index contributed by atoms with van der Waals surface area (Å²) in [6.45, 7) is 1.81. The van der Waals surface area contributed by atoms with Gasteiger partial charge in [-0.2, -0.15) is 0 Å². The molecule has 2 N–H and O–H groups in total. The van der Waals surface area contributed by atoms with Crippen LogP contribution < -0.4 is 4.46 Å². The van der Waals surface area contributed by atoms with Gasteiger partial charge in [0, 0.05) is 0 Å². The van der Waals surface area contributed by atoms with E-state index in [4.69, 9.17) is 9.47 Å². The van der Waals surface area contributed by atoms with E-state index in [0.717, 1.165) is 17.5 Å². The Labute approximate surface area is 197 Å². The third-order valence-electron chi connectivity index (χ3n) is 5.05. The zero-order chi connectivity index (χ0) is 22.4. The van der Waals surface area contributed by atoms with Crippen LogP contribution in [-0.4, -0.2) is 50.6 Å². The van der Waals surface area contributed by atoms with Gasteiger partial charge in [-0.3, -0.25) is 0 Å². The van der Waals surface area contributed by atoms with E-state index in [0.29, 0.717) is 26.2 Å². The predicted octanol–water partition coefficient (Wildman–Crippen LogP) is 3.74. The summed E-state index contributed by atoms with van der Waals surface area (Å²) in [4.78, 5) is 0.0597. The molecule has 32 heavy (non-hydrogen) atoms. The number of aliphatic hydroxyl groups is 2. The summed E-state index contributed by atoms with van der Waals surface area (Å²) in [6, 6.07) is 30.2. The summed E-state index contributed by atoms with van der Waals surface area (Å²) in [5.41, 5.74) is 2.21. The van der Waals surface area contributed by atoms with Crippen molar-refractivity contribution in [3.63, 3.8) is 0 Å². The molecule has 0 fully saturated rings. The Morgan fingerprint density at radius 1 is 0.688 bits per heavy atom. The molecule has 0 unspecified atom stereocenters. The van der Waals surface area contributed by atoms with E-state index in [1.54, 1.807) is 0 Å². The SMILES string of the molecule is O[C@@H](COCc1ccccc1)C[C@H](O)[C@H](CCOCc1ccccc1)[Se]c1ccccc1.